The van der Waals surface area contributed by atoms with Crippen LogP contribution in [0.3, 0.4) is 0 Å². The maximum atomic E-state index is 5.67. The summed E-state index contributed by atoms with van der Waals surface area (Å²) in [6.07, 6.45) is 5.69. The molecule has 1 aromatic carbocycles. The van der Waals surface area contributed by atoms with Gasteiger partial charge >= 0.3 is 0 Å². The van der Waals surface area contributed by atoms with Crippen LogP contribution in [-0.2, 0) is 6.54 Å². The molecule has 0 saturated heterocycles. The normalized spacial score (nSPS) is 17.8. The predicted octanol–water partition coefficient (Wildman–Crippen LogP) is 2.17. The Morgan fingerprint density at radius 1 is 1.31 bits per heavy atom. The van der Waals surface area contributed by atoms with E-state index in [1.54, 1.807) is 0 Å². The Kier molecular flexibility index (Phi) is 2.21. The van der Waals surface area contributed by atoms with Gasteiger partial charge in [0.1, 0.15) is 0 Å². The number of hydrogen-bond acceptors (Lipinski definition) is 2. The average molecular weight is 215 g/mol. The van der Waals surface area contributed by atoms with E-state index in [-0.39, 0.29) is 0 Å². The Bertz CT molecular complexity index is 497. The standard InChI is InChI=1S/C13H17N3/c14-8-7-13(5-6-13)10-16-12-4-2-1-3-11(12)9-15-16/h1-4,9H,5-8,10,14H2. The number of aromatic nitrogens is 2. The quantitative estimate of drug-likeness (QED) is 0.849. The van der Waals surface area contributed by atoms with Crippen molar-refractivity contribution in [3.05, 3.63) is 30.5 Å². The number of rotatable bonds is 4. The lowest BCUT2D eigenvalue weighted by molar-refractivity contribution is 0.383. The van der Waals surface area contributed by atoms with Crippen LogP contribution in [0.5, 0.6) is 0 Å². The molecule has 1 aliphatic rings. The zero-order valence-electron chi connectivity index (χ0n) is 9.39. The Morgan fingerprint density at radius 3 is 2.88 bits per heavy atom. The molecule has 16 heavy (non-hydrogen) atoms. The minimum absolute atomic E-state index is 0.448. The Hall–Kier alpha value is -1.35. The van der Waals surface area contributed by atoms with E-state index < -0.39 is 0 Å². The maximum Gasteiger partial charge on any atom is 0.0682 e. The zero-order valence-corrected chi connectivity index (χ0v) is 9.39. The van der Waals surface area contributed by atoms with Crippen molar-refractivity contribution < 1.29 is 0 Å². The predicted molar refractivity (Wildman–Crippen MR) is 65.1 cm³/mol. The lowest BCUT2D eigenvalue weighted by Gasteiger charge is -2.14. The van der Waals surface area contributed by atoms with E-state index >= 15 is 0 Å². The average Bonchev–Trinajstić information content (AvgIpc) is 2.93. The minimum atomic E-state index is 0.448. The van der Waals surface area contributed by atoms with E-state index in [0.29, 0.717) is 5.41 Å². The van der Waals surface area contributed by atoms with Gasteiger partial charge in [0.05, 0.1) is 11.7 Å². The number of nitrogens with two attached hydrogens (primary N) is 1. The minimum Gasteiger partial charge on any atom is -0.330 e. The van der Waals surface area contributed by atoms with Gasteiger partial charge in [0.2, 0.25) is 0 Å². The highest BCUT2D eigenvalue weighted by atomic mass is 15.3. The van der Waals surface area contributed by atoms with Gasteiger partial charge < -0.3 is 5.73 Å². The van der Waals surface area contributed by atoms with Crippen LogP contribution in [0.4, 0.5) is 0 Å². The number of para-hydroxylation sites is 1. The summed E-state index contributed by atoms with van der Waals surface area (Å²) in [4.78, 5) is 0. The first kappa shape index (κ1) is 9.85. The monoisotopic (exact) mass is 215 g/mol. The highest BCUT2D eigenvalue weighted by molar-refractivity contribution is 5.78. The second kappa shape index (κ2) is 3.59. The molecule has 0 aliphatic heterocycles. The fraction of sp³-hybridized carbons (Fsp3) is 0.462. The molecule has 1 aromatic heterocycles. The maximum absolute atomic E-state index is 5.67. The Labute approximate surface area is 95.2 Å². The molecule has 2 N–H and O–H groups in total. The van der Waals surface area contributed by atoms with Gasteiger partial charge in [-0.25, -0.2) is 0 Å². The SMILES string of the molecule is NCCC1(Cn2ncc3ccccc32)CC1. The molecular weight excluding hydrogens is 198 g/mol. The second-order valence-corrected chi connectivity index (χ2v) is 4.90. The van der Waals surface area contributed by atoms with Crippen LogP contribution in [0.15, 0.2) is 30.5 Å². The second-order valence-electron chi connectivity index (χ2n) is 4.90. The third-order valence-electron chi connectivity index (χ3n) is 3.67. The van der Waals surface area contributed by atoms with E-state index in [0.717, 1.165) is 19.5 Å². The Balaban J connectivity index is 1.89. The molecule has 1 fully saturated rings. The summed E-state index contributed by atoms with van der Waals surface area (Å²) in [5.74, 6) is 0. The molecule has 2 aromatic rings. The molecule has 3 nitrogen and oxygen atoms in total. The highest BCUT2D eigenvalue weighted by Gasteiger charge is 2.42. The van der Waals surface area contributed by atoms with E-state index in [2.05, 4.69) is 34.0 Å². The molecular formula is C13H17N3. The summed E-state index contributed by atoms with van der Waals surface area (Å²) in [7, 11) is 0. The summed E-state index contributed by atoms with van der Waals surface area (Å²) < 4.78 is 2.14. The van der Waals surface area contributed by atoms with Crippen molar-refractivity contribution in [1.29, 1.82) is 0 Å². The number of benzene rings is 1. The lowest BCUT2D eigenvalue weighted by atomic mass is 10.0. The molecule has 84 valence electrons. The molecule has 1 aliphatic carbocycles. The van der Waals surface area contributed by atoms with E-state index in [1.165, 1.54) is 23.7 Å². The first-order valence-electron chi connectivity index (χ1n) is 5.94. The first-order chi connectivity index (χ1) is 7.83. The van der Waals surface area contributed by atoms with Crippen molar-refractivity contribution in [3.63, 3.8) is 0 Å². The van der Waals surface area contributed by atoms with Crippen molar-refractivity contribution in [2.45, 2.75) is 25.8 Å². The lowest BCUT2D eigenvalue weighted by Crippen LogP contribution is -2.16. The molecule has 0 radical (unpaired) electrons. The van der Waals surface area contributed by atoms with Crippen molar-refractivity contribution in [1.82, 2.24) is 9.78 Å². The van der Waals surface area contributed by atoms with Crippen LogP contribution >= 0.6 is 0 Å². The summed E-state index contributed by atoms with van der Waals surface area (Å²) in [5, 5.41) is 5.71. The smallest absolute Gasteiger partial charge is 0.0682 e. The summed E-state index contributed by atoms with van der Waals surface area (Å²) in [5.41, 5.74) is 7.36. The van der Waals surface area contributed by atoms with Crippen LogP contribution in [0.25, 0.3) is 10.9 Å². The molecule has 0 bridgehead atoms. The van der Waals surface area contributed by atoms with Crippen molar-refractivity contribution in [2.24, 2.45) is 11.1 Å². The number of hydrogen-bond donors (Lipinski definition) is 1. The topological polar surface area (TPSA) is 43.8 Å². The molecule has 1 saturated carbocycles. The molecule has 0 unspecified atom stereocenters. The van der Waals surface area contributed by atoms with E-state index in [4.69, 9.17) is 5.73 Å². The third kappa shape index (κ3) is 1.61. The third-order valence-corrected chi connectivity index (χ3v) is 3.67. The molecule has 0 amide bonds. The zero-order chi connectivity index (χ0) is 11.0. The molecule has 3 heteroatoms. The Morgan fingerprint density at radius 2 is 2.12 bits per heavy atom. The molecule has 1 heterocycles. The number of nitrogens with zero attached hydrogens (tertiary/aromatic N) is 2. The van der Waals surface area contributed by atoms with Gasteiger partial charge in [0, 0.05) is 11.9 Å². The van der Waals surface area contributed by atoms with Gasteiger partial charge in [-0.2, -0.15) is 5.10 Å². The summed E-state index contributed by atoms with van der Waals surface area (Å²) >= 11 is 0. The van der Waals surface area contributed by atoms with Crippen molar-refractivity contribution >= 4 is 10.9 Å². The van der Waals surface area contributed by atoms with Gasteiger partial charge in [-0.15, -0.1) is 0 Å². The van der Waals surface area contributed by atoms with E-state index in [1.807, 2.05) is 6.20 Å². The van der Waals surface area contributed by atoms with Gasteiger partial charge in [-0.3, -0.25) is 4.68 Å². The van der Waals surface area contributed by atoms with Crippen LogP contribution in [-0.4, -0.2) is 16.3 Å². The van der Waals surface area contributed by atoms with Gasteiger partial charge in [-0.1, -0.05) is 18.2 Å². The van der Waals surface area contributed by atoms with E-state index in [9.17, 15) is 0 Å². The largest absolute Gasteiger partial charge is 0.330 e. The van der Waals surface area contributed by atoms with Crippen LogP contribution in [0.2, 0.25) is 0 Å². The van der Waals surface area contributed by atoms with Crippen LogP contribution in [0.1, 0.15) is 19.3 Å². The first-order valence-corrected chi connectivity index (χ1v) is 5.94. The van der Waals surface area contributed by atoms with Gasteiger partial charge in [0.25, 0.3) is 0 Å². The van der Waals surface area contributed by atoms with Gasteiger partial charge in [0.15, 0.2) is 0 Å². The highest BCUT2D eigenvalue weighted by Crippen LogP contribution is 2.50. The van der Waals surface area contributed by atoms with Crippen LogP contribution < -0.4 is 5.73 Å². The molecule has 0 atom stereocenters. The molecule has 0 spiro atoms. The summed E-state index contributed by atoms with van der Waals surface area (Å²) in [6.45, 7) is 1.82. The van der Waals surface area contributed by atoms with Crippen molar-refractivity contribution in [2.75, 3.05) is 6.54 Å². The fourth-order valence-electron chi connectivity index (χ4n) is 2.44. The fourth-order valence-corrected chi connectivity index (χ4v) is 2.44. The van der Waals surface area contributed by atoms with Gasteiger partial charge in [-0.05, 0) is 37.3 Å². The number of fused-ring (bicyclic) bond motifs is 1. The summed E-state index contributed by atoms with van der Waals surface area (Å²) in [6, 6.07) is 8.38. The van der Waals surface area contributed by atoms with Crippen LogP contribution in [0, 0.1) is 5.41 Å². The molecule has 3 rings (SSSR count). The van der Waals surface area contributed by atoms with Crippen molar-refractivity contribution in [3.8, 4) is 0 Å².